The minimum Gasteiger partial charge on any atom is -0.478 e. The van der Waals surface area contributed by atoms with Gasteiger partial charge in [0, 0.05) is 31.8 Å². The molecule has 0 radical (unpaired) electrons. The lowest BCUT2D eigenvalue weighted by atomic mass is 10.1. The summed E-state index contributed by atoms with van der Waals surface area (Å²) in [5, 5.41) is 0. The van der Waals surface area contributed by atoms with Crippen molar-refractivity contribution in [1.82, 2.24) is 9.88 Å². The Morgan fingerprint density at radius 3 is 2.94 bits per heavy atom. The fourth-order valence-electron chi connectivity index (χ4n) is 2.09. The van der Waals surface area contributed by atoms with Gasteiger partial charge in [0.05, 0.1) is 6.61 Å². The van der Waals surface area contributed by atoms with Gasteiger partial charge in [-0.2, -0.15) is 12.6 Å². The number of carbonyl (C=O) groups is 1. The molecule has 1 saturated heterocycles. The Morgan fingerprint density at radius 2 is 2.39 bits per heavy atom. The molecule has 1 aromatic heterocycles. The molecule has 1 aliphatic heterocycles. The molecule has 1 atom stereocenters. The third-order valence-corrected chi connectivity index (χ3v) is 3.53. The summed E-state index contributed by atoms with van der Waals surface area (Å²) >= 11 is 4.25. The number of likely N-dealkylation sites (tertiary alicyclic amines) is 1. The molecule has 1 aliphatic rings. The maximum atomic E-state index is 11.8. The van der Waals surface area contributed by atoms with E-state index in [2.05, 4.69) is 17.6 Å². The summed E-state index contributed by atoms with van der Waals surface area (Å²) in [6, 6.07) is 3.80. The van der Waals surface area contributed by atoms with Gasteiger partial charge in [-0.25, -0.2) is 4.98 Å². The number of pyridine rings is 1. The average Bonchev–Trinajstić information content (AvgIpc) is 2.73. The van der Waals surface area contributed by atoms with Gasteiger partial charge in [-0.3, -0.25) is 4.79 Å². The second-order valence-electron chi connectivity index (χ2n) is 4.46. The van der Waals surface area contributed by atoms with Crippen molar-refractivity contribution in [2.75, 3.05) is 18.9 Å². The van der Waals surface area contributed by atoms with E-state index in [-0.39, 0.29) is 5.91 Å². The van der Waals surface area contributed by atoms with Gasteiger partial charge >= 0.3 is 0 Å². The van der Waals surface area contributed by atoms with Gasteiger partial charge in [0.15, 0.2) is 0 Å². The molecule has 0 aromatic carbocycles. The van der Waals surface area contributed by atoms with Crippen molar-refractivity contribution in [2.24, 2.45) is 5.92 Å². The number of aromatic nitrogens is 1. The highest BCUT2D eigenvalue weighted by Crippen LogP contribution is 2.21. The summed E-state index contributed by atoms with van der Waals surface area (Å²) in [4.78, 5) is 17.8. The summed E-state index contributed by atoms with van der Waals surface area (Å²) in [6.45, 7) is 3.97. The van der Waals surface area contributed by atoms with Crippen LogP contribution in [0.3, 0.4) is 0 Å². The number of thiol groups is 1. The highest BCUT2D eigenvalue weighted by molar-refractivity contribution is 7.80. The van der Waals surface area contributed by atoms with Crippen molar-refractivity contribution in [3.8, 4) is 5.88 Å². The van der Waals surface area contributed by atoms with Crippen LogP contribution in [0.15, 0.2) is 18.3 Å². The number of rotatable bonds is 5. The molecule has 0 bridgehead atoms. The lowest BCUT2D eigenvalue weighted by molar-refractivity contribution is -0.128. The standard InChI is InChI=1S/C13H18N2O2S/c1-2-17-12-4-3-10(6-14-12)7-15-8-11(9-18)5-13(15)16/h3-4,6,11,18H,2,5,7-9H2,1H3. The van der Waals surface area contributed by atoms with E-state index in [1.54, 1.807) is 6.20 Å². The maximum absolute atomic E-state index is 11.8. The monoisotopic (exact) mass is 266 g/mol. The molecule has 2 rings (SSSR count). The fraction of sp³-hybridized carbons (Fsp3) is 0.538. The number of carbonyl (C=O) groups excluding carboxylic acids is 1. The Balaban J connectivity index is 1.95. The average molecular weight is 266 g/mol. The van der Waals surface area contributed by atoms with Gasteiger partial charge in [0.2, 0.25) is 11.8 Å². The van der Waals surface area contributed by atoms with Crippen LogP contribution in [0, 0.1) is 5.92 Å². The topological polar surface area (TPSA) is 42.4 Å². The van der Waals surface area contributed by atoms with Crippen LogP contribution in [0.2, 0.25) is 0 Å². The molecule has 1 fully saturated rings. The summed E-state index contributed by atoms with van der Waals surface area (Å²) in [7, 11) is 0. The molecule has 0 saturated carbocycles. The van der Waals surface area contributed by atoms with E-state index in [0.717, 1.165) is 17.9 Å². The van der Waals surface area contributed by atoms with E-state index in [9.17, 15) is 4.79 Å². The number of nitrogens with zero attached hydrogens (tertiary/aromatic N) is 2. The number of hydrogen-bond acceptors (Lipinski definition) is 4. The molecule has 4 nitrogen and oxygen atoms in total. The van der Waals surface area contributed by atoms with Crippen molar-refractivity contribution >= 4 is 18.5 Å². The Kier molecular flexibility index (Phi) is 4.47. The Morgan fingerprint density at radius 1 is 1.56 bits per heavy atom. The number of hydrogen-bond donors (Lipinski definition) is 1. The maximum Gasteiger partial charge on any atom is 0.223 e. The Hall–Kier alpha value is -1.23. The van der Waals surface area contributed by atoms with Crippen LogP contribution in [-0.4, -0.2) is 34.7 Å². The molecule has 2 heterocycles. The van der Waals surface area contributed by atoms with Gasteiger partial charge in [-0.05, 0) is 24.2 Å². The van der Waals surface area contributed by atoms with E-state index >= 15 is 0 Å². The number of amides is 1. The van der Waals surface area contributed by atoms with Crippen LogP contribution < -0.4 is 4.74 Å². The van der Waals surface area contributed by atoms with Gasteiger partial charge in [0.25, 0.3) is 0 Å². The molecule has 1 aromatic rings. The van der Waals surface area contributed by atoms with Gasteiger partial charge in [0.1, 0.15) is 0 Å². The Labute approximate surface area is 113 Å². The third kappa shape index (κ3) is 3.16. The normalized spacial score (nSPS) is 19.3. The molecule has 0 aliphatic carbocycles. The lowest BCUT2D eigenvalue weighted by Gasteiger charge is -2.16. The molecule has 18 heavy (non-hydrogen) atoms. The van der Waals surface area contributed by atoms with Crippen molar-refractivity contribution in [3.63, 3.8) is 0 Å². The van der Waals surface area contributed by atoms with E-state index in [1.165, 1.54) is 0 Å². The minimum absolute atomic E-state index is 0.211. The lowest BCUT2D eigenvalue weighted by Crippen LogP contribution is -2.24. The zero-order chi connectivity index (χ0) is 13.0. The van der Waals surface area contributed by atoms with Crippen molar-refractivity contribution < 1.29 is 9.53 Å². The first-order chi connectivity index (χ1) is 8.72. The molecule has 98 valence electrons. The first kappa shape index (κ1) is 13.2. The van der Waals surface area contributed by atoms with Crippen LogP contribution in [0.5, 0.6) is 5.88 Å². The predicted octanol–water partition coefficient (Wildman–Crippen LogP) is 1.76. The van der Waals surface area contributed by atoms with Gasteiger partial charge in [-0.1, -0.05) is 6.07 Å². The van der Waals surface area contributed by atoms with E-state index in [0.29, 0.717) is 31.4 Å². The molecule has 5 heteroatoms. The summed E-state index contributed by atoms with van der Waals surface area (Å²) in [5.41, 5.74) is 1.03. The molecule has 0 N–H and O–H groups in total. The second-order valence-corrected chi connectivity index (χ2v) is 4.83. The highest BCUT2D eigenvalue weighted by atomic mass is 32.1. The largest absolute Gasteiger partial charge is 0.478 e. The van der Waals surface area contributed by atoms with Crippen molar-refractivity contribution in [1.29, 1.82) is 0 Å². The molecular weight excluding hydrogens is 248 g/mol. The fourth-order valence-corrected chi connectivity index (χ4v) is 2.33. The first-order valence-corrected chi connectivity index (χ1v) is 6.82. The van der Waals surface area contributed by atoms with E-state index in [4.69, 9.17) is 4.74 Å². The van der Waals surface area contributed by atoms with Crippen molar-refractivity contribution in [3.05, 3.63) is 23.9 Å². The predicted molar refractivity (Wildman–Crippen MR) is 72.8 cm³/mol. The zero-order valence-corrected chi connectivity index (χ0v) is 11.4. The van der Waals surface area contributed by atoms with Gasteiger partial charge < -0.3 is 9.64 Å². The summed E-state index contributed by atoms with van der Waals surface area (Å²) in [6.07, 6.45) is 2.39. The second kappa shape index (κ2) is 6.09. The minimum atomic E-state index is 0.211. The highest BCUT2D eigenvalue weighted by Gasteiger charge is 2.28. The van der Waals surface area contributed by atoms with Crippen LogP contribution in [0.4, 0.5) is 0 Å². The summed E-state index contributed by atoms with van der Waals surface area (Å²) in [5.74, 6) is 1.99. The van der Waals surface area contributed by atoms with E-state index < -0.39 is 0 Å². The molecule has 0 spiro atoms. The van der Waals surface area contributed by atoms with E-state index in [1.807, 2.05) is 24.0 Å². The smallest absolute Gasteiger partial charge is 0.223 e. The van der Waals surface area contributed by atoms with Crippen molar-refractivity contribution in [2.45, 2.75) is 19.9 Å². The molecule has 1 amide bonds. The number of ether oxygens (including phenoxy) is 1. The Bertz CT molecular complexity index is 408. The molecule has 1 unspecified atom stereocenters. The summed E-state index contributed by atoms with van der Waals surface area (Å²) < 4.78 is 5.28. The SMILES string of the molecule is CCOc1ccc(CN2CC(CS)CC2=O)cn1. The third-order valence-electron chi connectivity index (χ3n) is 3.02. The van der Waals surface area contributed by atoms with Crippen LogP contribution >= 0.6 is 12.6 Å². The zero-order valence-electron chi connectivity index (χ0n) is 10.5. The first-order valence-electron chi connectivity index (χ1n) is 6.19. The van der Waals surface area contributed by atoms with Gasteiger partial charge in [-0.15, -0.1) is 0 Å². The quantitative estimate of drug-likeness (QED) is 0.826. The van der Waals surface area contributed by atoms with Crippen LogP contribution in [0.25, 0.3) is 0 Å². The van der Waals surface area contributed by atoms with Crippen LogP contribution in [-0.2, 0) is 11.3 Å². The van der Waals surface area contributed by atoms with Crippen LogP contribution in [0.1, 0.15) is 18.9 Å². The molecular formula is C13H18N2O2S.